The van der Waals surface area contributed by atoms with Crippen molar-refractivity contribution in [1.82, 2.24) is 10.2 Å². The molecule has 0 fully saturated rings. The van der Waals surface area contributed by atoms with E-state index in [4.69, 9.17) is 16.3 Å². The van der Waals surface area contributed by atoms with E-state index in [9.17, 15) is 4.79 Å². The van der Waals surface area contributed by atoms with Gasteiger partial charge in [-0.3, -0.25) is 9.89 Å². The maximum atomic E-state index is 11.0. The Labute approximate surface area is 84.8 Å². The van der Waals surface area contributed by atoms with E-state index in [2.05, 4.69) is 10.2 Å². The van der Waals surface area contributed by atoms with Crippen LogP contribution in [0, 0.1) is 0 Å². The third-order valence-corrected chi connectivity index (χ3v) is 2.14. The minimum atomic E-state index is -0.579. The van der Waals surface area contributed by atoms with Crippen LogP contribution in [0.5, 0.6) is 5.75 Å². The van der Waals surface area contributed by atoms with Gasteiger partial charge in [-0.1, -0.05) is 0 Å². The highest BCUT2D eigenvalue weighted by molar-refractivity contribution is 6.68. The van der Waals surface area contributed by atoms with E-state index < -0.39 is 5.24 Å². The molecule has 2 rings (SSSR count). The van der Waals surface area contributed by atoms with Gasteiger partial charge in [0.1, 0.15) is 5.75 Å². The second kappa shape index (κ2) is 3.31. The predicted octanol–water partition coefficient (Wildman–Crippen LogP) is 1.95. The monoisotopic (exact) mass is 210 g/mol. The molecule has 0 bridgehead atoms. The van der Waals surface area contributed by atoms with Crippen molar-refractivity contribution in [3.63, 3.8) is 0 Å². The van der Waals surface area contributed by atoms with Gasteiger partial charge in [-0.25, -0.2) is 0 Å². The molecule has 0 saturated heterocycles. The molecule has 72 valence electrons. The quantitative estimate of drug-likeness (QED) is 0.771. The molecule has 4 nitrogen and oxygen atoms in total. The standard InChI is InChI=1S/C9H7ClN2O2/c1-14-5-2-3-7-6(4-5)8(9(10)13)12-11-7/h2-4H,1H3,(H,11,12). The van der Waals surface area contributed by atoms with Crippen LogP contribution in [0.2, 0.25) is 0 Å². The van der Waals surface area contributed by atoms with Crippen molar-refractivity contribution in [2.45, 2.75) is 0 Å². The van der Waals surface area contributed by atoms with Gasteiger partial charge in [-0.15, -0.1) is 0 Å². The molecule has 0 aliphatic heterocycles. The van der Waals surface area contributed by atoms with Crippen LogP contribution in [0.15, 0.2) is 18.2 Å². The second-order valence-corrected chi connectivity index (χ2v) is 3.10. The molecule has 1 heterocycles. The highest BCUT2D eigenvalue weighted by Gasteiger charge is 2.11. The van der Waals surface area contributed by atoms with Gasteiger partial charge in [0.2, 0.25) is 0 Å². The number of methoxy groups -OCH3 is 1. The van der Waals surface area contributed by atoms with E-state index in [1.807, 2.05) is 0 Å². The Bertz CT molecular complexity index is 493. The fraction of sp³-hybridized carbons (Fsp3) is 0.111. The summed E-state index contributed by atoms with van der Waals surface area (Å²) in [6.07, 6.45) is 0. The van der Waals surface area contributed by atoms with Gasteiger partial charge < -0.3 is 4.74 Å². The molecule has 1 N–H and O–H groups in total. The molecular formula is C9H7ClN2O2. The summed E-state index contributed by atoms with van der Waals surface area (Å²) in [5, 5.41) is 6.61. The lowest BCUT2D eigenvalue weighted by Crippen LogP contribution is -1.89. The number of nitrogens with zero attached hydrogens (tertiary/aromatic N) is 1. The Morgan fingerprint density at radius 3 is 3.00 bits per heavy atom. The van der Waals surface area contributed by atoms with Crippen molar-refractivity contribution in [3.8, 4) is 5.75 Å². The lowest BCUT2D eigenvalue weighted by molar-refractivity contribution is 0.107. The van der Waals surface area contributed by atoms with Crippen LogP contribution >= 0.6 is 11.6 Å². The highest BCUT2D eigenvalue weighted by Crippen LogP contribution is 2.22. The zero-order valence-corrected chi connectivity index (χ0v) is 8.13. The molecule has 1 aromatic carbocycles. The van der Waals surface area contributed by atoms with Gasteiger partial charge in [0.05, 0.1) is 12.6 Å². The van der Waals surface area contributed by atoms with E-state index >= 15 is 0 Å². The Kier molecular flexibility index (Phi) is 2.13. The first-order valence-electron chi connectivity index (χ1n) is 3.94. The number of fused-ring (bicyclic) bond motifs is 1. The van der Waals surface area contributed by atoms with Crippen LogP contribution < -0.4 is 4.74 Å². The van der Waals surface area contributed by atoms with Crippen LogP contribution in [-0.4, -0.2) is 22.5 Å². The molecule has 0 saturated carbocycles. The van der Waals surface area contributed by atoms with Crippen molar-refractivity contribution in [2.75, 3.05) is 7.11 Å². The number of aromatic nitrogens is 2. The molecule has 2 aromatic rings. The van der Waals surface area contributed by atoms with Gasteiger partial charge in [-0.05, 0) is 29.8 Å². The summed E-state index contributed by atoms with van der Waals surface area (Å²) in [5.74, 6) is 0.665. The number of benzene rings is 1. The topological polar surface area (TPSA) is 55.0 Å². The average Bonchev–Trinajstić information content (AvgIpc) is 2.59. The Morgan fingerprint density at radius 2 is 2.36 bits per heavy atom. The third kappa shape index (κ3) is 1.33. The molecule has 0 amide bonds. The minimum Gasteiger partial charge on any atom is -0.497 e. The van der Waals surface area contributed by atoms with Crippen LogP contribution in [0.1, 0.15) is 10.5 Å². The maximum Gasteiger partial charge on any atom is 0.273 e. The van der Waals surface area contributed by atoms with Gasteiger partial charge in [0.25, 0.3) is 5.24 Å². The van der Waals surface area contributed by atoms with E-state index in [1.165, 1.54) is 0 Å². The number of H-pyrrole nitrogens is 1. The number of carbonyl (C=O) groups excluding carboxylic acids is 1. The zero-order valence-electron chi connectivity index (χ0n) is 7.37. The smallest absolute Gasteiger partial charge is 0.273 e. The molecule has 0 aliphatic rings. The molecule has 14 heavy (non-hydrogen) atoms. The maximum absolute atomic E-state index is 11.0. The second-order valence-electron chi connectivity index (χ2n) is 2.76. The van der Waals surface area contributed by atoms with Crippen molar-refractivity contribution in [1.29, 1.82) is 0 Å². The fourth-order valence-electron chi connectivity index (χ4n) is 1.27. The fourth-order valence-corrected chi connectivity index (χ4v) is 1.41. The normalized spacial score (nSPS) is 10.4. The van der Waals surface area contributed by atoms with Gasteiger partial charge in [0, 0.05) is 5.39 Å². The number of hydrogen-bond donors (Lipinski definition) is 1. The summed E-state index contributed by atoms with van der Waals surface area (Å²) in [6, 6.07) is 5.28. The Hall–Kier alpha value is -1.55. The van der Waals surface area contributed by atoms with Crippen LogP contribution in [-0.2, 0) is 0 Å². The molecule has 0 unspecified atom stereocenters. The first-order valence-corrected chi connectivity index (χ1v) is 4.32. The summed E-state index contributed by atoms with van der Waals surface area (Å²) in [5.41, 5.74) is 0.982. The van der Waals surface area contributed by atoms with Crippen LogP contribution in [0.4, 0.5) is 0 Å². The largest absolute Gasteiger partial charge is 0.497 e. The summed E-state index contributed by atoms with van der Waals surface area (Å²) in [7, 11) is 1.56. The predicted molar refractivity (Wildman–Crippen MR) is 52.8 cm³/mol. The lowest BCUT2D eigenvalue weighted by atomic mass is 10.2. The van der Waals surface area contributed by atoms with E-state index in [0.717, 1.165) is 5.52 Å². The summed E-state index contributed by atoms with van der Waals surface area (Å²) < 4.78 is 5.03. The van der Waals surface area contributed by atoms with Crippen molar-refractivity contribution in [3.05, 3.63) is 23.9 Å². The SMILES string of the molecule is COc1ccc2[nH]nc(C(=O)Cl)c2c1. The molecule has 5 heteroatoms. The Balaban J connectivity index is 2.69. The van der Waals surface area contributed by atoms with Crippen LogP contribution in [0.3, 0.4) is 0 Å². The number of carbonyl (C=O) groups is 1. The van der Waals surface area contributed by atoms with Gasteiger partial charge in [-0.2, -0.15) is 5.10 Å². The first-order chi connectivity index (χ1) is 6.72. The third-order valence-electron chi connectivity index (χ3n) is 1.96. The van der Waals surface area contributed by atoms with E-state index in [0.29, 0.717) is 11.1 Å². The summed E-state index contributed by atoms with van der Waals surface area (Å²) in [4.78, 5) is 11.0. The van der Waals surface area contributed by atoms with E-state index in [-0.39, 0.29) is 5.69 Å². The summed E-state index contributed by atoms with van der Waals surface area (Å²) in [6.45, 7) is 0. The van der Waals surface area contributed by atoms with Crippen LogP contribution in [0.25, 0.3) is 10.9 Å². The molecule has 0 spiro atoms. The van der Waals surface area contributed by atoms with Crippen molar-refractivity contribution < 1.29 is 9.53 Å². The van der Waals surface area contributed by atoms with Crippen molar-refractivity contribution in [2.24, 2.45) is 0 Å². The van der Waals surface area contributed by atoms with Crippen molar-refractivity contribution >= 4 is 27.7 Å². The summed E-state index contributed by atoms with van der Waals surface area (Å²) >= 11 is 5.36. The minimum absolute atomic E-state index is 0.223. The highest BCUT2D eigenvalue weighted by atomic mass is 35.5. The number of hydrogen-bond acceptors (Lipinski definition) is 3. The molecule has 0 atom stereocenters. The van der Waals surface area contributed by atoms with Gasteiger partial charge >= 0.3 is 0 Å². The Morgan fingerprint density at radius 1 is 1.57 bits per heavy atom. The number of nitrogens with one attached hydrogen (secondary N) is 1. The number of rotatable bonds is 2. The van der Waals surface area contributed by atoms with Gasteiger partial charge in [0.15, 0.2) is 5.69 Å². The lowest BCUT2D eigenvalue weighted by Gasteiger charge is -1.98. The first kappa shape index (κ1) is 9.02. The molecular weight excluding hydrogens is 204 g/mol. The van der Waals surface area contributed by atoms with E-state index in [1.54, 1.807) is 25.3 Å². The zero-order chi connectivity index (χ0) is 10.1. The number of aromatic amines is 1. The molecule has 0 radical (unpaired) electrons. The molecule has 0 aliphatic carbocycles. The average molecular weight is 211 g/mol. The number of ether oxygens (including phenoxy) is 1. The molecule has 1 aromatic heterocycles. The number of halogens is 1.